The van der Waals surface area contributed by atoms with Crippen molar-refractivity contribution in [2.75, 3.05) is 25.9 Å². The van der Waals surface area contributed by atoms with Crippen LogP contribution in [0.15, 0.2) is 59.6 Å². The van der Waals surface area contributed by atoms with E-state index in [4.69, 9.17) is 10.7 Å². The molecule has 0 aliphatic carbocycles. The van der Waals surface area contributed by atoms with E-state index >= 15 is 0 Å². The molecule has 7 nitrogen and oxygen atoms in total. The van der Waals surface area contributed by atoms with Crippen molar-refractivity contribution in [3.8, 4) is 11.8 Å². The highest BCUT2D eigenvalue weighted by Gasteiger charge is 2.16. The number of halogens is 2. The predicted molar refractivity (Wildman–Crippen MR) is 140 cm³/mol. The second kappa shape index (κ2) is 12.8. The molecular formula is C24H29FIN7. The molecule has 33 heavy (non-hydrogen) atoms. The summed E-state index contributed by atoms with van der Waals surface area (Å²) >= 11 is 0. The maximum atomic E-state index is 13.2. The number of anilines is 1. The highest BCUT2D eigenvalue weighted by Crippen LogP contribution is 2.21. The molecule has 0 saturated heterocycles. The molecule has 0 unspecified atom stereocenters. The number of nitrogens with two attached hydrogens (primary N) is 1. The molecule has 0 spiro atoms. The summed E-state index contributed by atoms with van der Waals surface area (Å²) in [6.45, 7) is 4.14. The Morgan fingerprint density at radius 1 is 1.21 bits per heavy atom. The van der Waals surface area contributed by atoms with Crippen molar-refractivity contribution in [2.24, 2.45) is 4.99 Å². The number of guanidine groups is 1. The Hall–Kier alpha value is -3.13. The lowest BCUT2D eigenvalue weighted by molar-refractivity contribution is 0.476. The standard InChI is InChI=1S/C24H28FN7.HI/c1-3-28-24(31(2)17-18-8-5-4-6-9-18)29-15-7-10-22-21(16-26)23(27)32(30-22)20-13-11-19(25)12-14-20;/h4-6,8-9,11-14H,3,7,10,15,17,27H2,1-2H3,(H,28,29);1H. The van der Waals surface area contributed by atoms with Crippen LogP contribution in [0, 0.1) is 17.1 Å². The second-order valence-electron chi connectivity index (χ2n) is 7.39. The fourth-order valence-corrected chi connectivity index (χ4v) is 3.39. The Kier molecular flexibility index (Phi) is 10.1. The molecule has 1 heterocycles. The summed E-state index contributed by atoms with van der Waals surface area (Å²) in [5.74, 6) is 0.744. The SMILES string of the molecule is CCNC(=NCCCc1nn(-c2ccc(F)cc2)c(N)c1C#N)N(C)Cc1ccccc1.I. The van der Waals surface area contributed by atoms with Gasteiger partial charge in [-0.3, -0.25) is 4.99 Å². The number of aromatic nitrogens is 2. The third-order valence-corrected chi connectivity index (χ3v) is 4.97. The molecule has 1 aromatic heterocycles. The van der Waals surface area contributed by atoms with Gasteiger partial charge in [0, 0.05) is 26.7 Å². The number of hydrogen-bond acceptors (Lipinski definition) is 4. The van der Waals surface area contributed by atoms with Crippen molar-refractivity contribution in [3.63, 3.8) is 0 Å². The van der Waals surface area contributed by atoms with Gasteiger partial charge in [-0.05, 0) is 49.6 Å². The van der Waals surface area contributed by atoms with Crippen LogP contribution in [-0.4, -0.2) is 40.8 Å². The number of hydrogen-bond donors (Lipinski definition) is 2. The summed E-state index contributed by atoms with van der Waals surface area (Å²) in [5.41, 5.74) is 8.92. The minimum Gasteiger partial charge on any atom is -0.382 e. The van der Waals surface area contributed by atoms with E-state index < -0.39 is 0 Å². The van der Waals surface area contributed by atoms with Crippen LogP contribution in [0.1, 0.15) is 30.2 Å². The first-order valence-corrected chi connectivity index (χ1v) is 10.6. The van der Waals surface area contributed by atoms with Crippen molar-refractivity contribution >= 4 is 35.8 Å². The van der Waals surface area contributed by atoms with Gasteiger partial charge in [0.15, 0.2) is 5.96 Å². The lowest BCUT2D eigenvalue weighted by atomic mass is 10.1. The molecule has 2 aromatic carbocycles. The molecule has 3 aromatic rings. The van der Waals surface area contributed by atoms with Crippen LogP contribution < -0.4 is 11.1 Å². The van der Waals surface area contributed by atoms with Crippen LogP contribution in [0.2, 0.25) is 0 Å². The second-order valence-corrected chi connectivity index (χ2v) is 7.39. The summed E-state index contributed by atoms with van der Waals surface area (Å²) in [7, 11) is 2.01. The van der Waals surface area contributed by atoms with Gasteiger partial charge < -0.3 is 16.0 Å². The van der Waals surface area contributed by atoms with Gasteiger partial charge in [-0.25, -0.2) is 9.07 Å². The molecule has 0 aliphatic rings. The normalized spacial score (nSPS) is 10.9. The lowest BCUT2D eigenvalue weighted by Gasteiger charge is -2.22. The molecule has 9 heteroatoms. The van der Waals surface area contributed by atoms with Gasteiger partial charge in [0.05, 0.1) is 11.4 Å². The highest BCUT2D eigenvalue weighted by atomic mass is 127. The molecule has 0 radical (unpaired) electrons. The van der Waals surface area contributed by atoms with Crippen molar-refractivity contribution < 1.29 is 4.39 Å². The average Bonchev–Trinajstić information content (AvgIpc) is 3.12. The molecule has 0 bridgehead atoms. The molecule has 174 valence electrons. The molecule has 3 N–H and O–H groups in total. The first-order valence-electron chi connectivity index (χ1n) is 10.6. The summed E-state index contributed by atoms with van der Waals surface area (Å²) in [6, 6.07) is 18.2. The number of benzene rings is 2. The van der Waals surface area contributed by atoms with E-state index in [-0.39, 0.29) is 35.6 Å². The van der Waals surface area contributed by atoms with E-state index in [1.807, 2.05) is 32.2 Å². The third-order valence-electron chi connectivity index (χ3n) is 4.97. The van der Waals surface area contributed by atoms with Gasteiger partial charge in [0.1, 0.15) is 23.3 Å². The lowest BCUT2D eigenvalue weighted by Crippen LogP contribution is -2.38. The average molecular weight is 561 g/mol. The molecule has 0 aliphatic heterocycles. The minimum atomic E-state index is -0.341. The van der Waals surface area contributed by atoms with Crippen LogP contribution >= 0.6 is 24.0 Å². The molecule has 0 atom stereocenters. The van der Waals surface area contributed by atoms with E-state index in [1.54, 1.807) is 12.1 Å². The maximum absolute atomic E-state index is 13.2. The molecule has 0 fully saturated rings. The maximum Gasteiger partial charge on any atom is 0.193 e. The Bertz CT molecular complexity index is 1090. The first-order chi connectivity index (χ1) is 15.5. The monoisotopic (exact) mass is 561 g/mol. The number of nitrogens with zero attached hydrogens (tertiary/aromatic N) is 5. The van der Waals surface area contributed by atoms with E-state index in [1.165, 1.54) is 22.4 Å². The molecular weight excluding hydrogens is 532 g/mol. The molecule has 0 saturated carbocycles. The predicted octanol–water partition coefficient (Wildman–Crippen LogP) is 4.11. The van der Waals surface area contributed by atoms with Crippen molar-refractivity contribution in [2.45, 2.75) is 26.3 Å². The van der Waals surface area contributed by atoms with Crippen LogP contribution in [0.4, 0.5) is 10.2 Å². The van der Waals surface area contributed by atoms with Crippen LogP contribution in [0.3, 0.4) is 0 Å². The van der Waals surface area contributed by atoms with Crippen molar-refractivity contribution in [1.82, 2.24) is 20.0 Å². The van der Waals surface area contributed by atoms with Gasteiger partial charge in [0.2, 0.25) is 0 Å². The zero-order chi connectivity index (χ0) is 22.9. The van der Waals surface area contributed by atoms with Crippen LogP contribution in [0.5, 0.6) is 0 Å². The number of nitriles is 1. The number of nitrogens with one attached hydrogen (secondary N) is 1. The van der Waals surface area contributed by atoms with Gasteiger partial charge in [-0.1, -0.05) is 30.3 Å². The topological polar surface area (TPSA) is 95.3 Å². The van der Waals surface area contributed by atoms with Gasteiger partial charge in [0.25, 0.3) is 0 Å². The fourth-order valence-electron chi connectivity index (χ4n) is 3.39. The fraction of sp³-hybridized carbons (Fsp3) is 0.292. The van der Waals surface area contributed by atoms with Crippen molar-refractivity contribution in [1.29, 1.82) is 5.26 Å². The summed E-state index contributed by atoms with van der Waals surface area (Å²) in [5, 5.41) is 17.4. The van der Waals surface area contributed by atoms with Gasteiger partial charge in [-0.2, -0.15) is 10.4 Å². The summed E-state index contributed by atoms with van der Waals surface area (Å²) < 4.78 is 14.7. The van der Waals surface area contributed by atoms with E-state index in [9.17, 15) is 9.65 Å². The Morgan fingerprint density at radius 2 is 1.91 bits per heavy atom. The van der Waals surface area contributed by atoms with Crippen molar-refractivity contribution in [3.05, 3.63) is 77.2 Å². The zero-order valence-corrected chi connectivity index (χ0v) is 21.2. The Morgan fingerprint density at radius 3 is 2.55 bits per heavy atom. The summed E-state index contributed by atoms with van der Waals surface area (Å²) in [6.07, 6.45) is 1.27. The molecule has 3 rings (SSSR count). The quantitative estimate of drug-likeness (QED) is 0.187. The highest BCUT2D eigenvalue weighted by molar-refractivity contribution is 14.0. The van der Waals surface area contributed by atoms with E-state index in [2.05, 4.69) is 33.5 Å². The zero-order valence-electron chi connectivity index (χ0n) is 18.8. The van der Waals surface area contributed by atoms with Gasteiger partial charge >= 0.3 is 0 Å². The number of aliphatic imine (C=N–C) groups is 1. The Labute approximate surface area is 211 Å². The number of nitrogen functional groups attached to an aromatic ring is 1. The third kappa shape index (κ3) is 6.92. The minimum absolute atomic E-state index is 0. The molecule has 0 amide bonds. The van der Waals surface area contributed by atoms with Crippen LogP contribution in [-0.2, 0) is 13.0 Å². The smallest absolute Gasteiger partial charge is 0.193 e. The largest absolute Gasteiger partial charge is 0.382 e. The van der Waals surface area contributed by atoms with E-state index in [0.717, 1.165) is 19.0 Å². The first kappa shape index (κ1) is 26.1. The summed E-state index contributed by atoms with van der Waals surface area (Å²) in [4.78, 5) is 6.80. The van der Waals surface area contributed by atoms with Gasteiger partial charge in [-0.15, -0.1) is 24.0 Å². The van der Waals surface area contributed by atoms with Crippen LogP contribution in [0.25, 0.3) is 5.69 Å². The van der Waals surface area contributed by atoms with E-state index in [0.29, 0.717) is 36.3 Å². The Balaban J connectivity index is 0.00000385. The number of aryl methyl sites for hydroxylation is 1. The number of rotatable bonds is 8.